The quantitative estimate of drug-likeness (QED) is 0.356. The number of anilines is 2. The summed E-state index contributed by atoms with van der Waals surface area (Å²) in [4.78, 5) is 36.2. The number of carbonyl (C=O) groups excluding carboxylic acids is 2. The zero-order chi connectivity index (χ0) is 29.9. The Bertz CT molecular complexity index is 1490. The number of amides is 2. The number of rotatable bonds is 11. The molecule has 3 unspecified atom stereocenters. The first-order valence-corrected chi connectivity index (χ1v) is 14.4. The van der Waals surface area contributed by atoms with Gasteiger partial charge in [0.2, 0.25) is 0 Å². The number of aromatic nitrogens is 2. The summed E-state index contributed by atoms with van der Waals surface area (Å²) in [5.41, 5.74) is 2.76. The molecule has 1 aromatic heterocycles. The lowest BCUT2D eigenvalue weighted by Crippen LogP contribution is -2.35. The highest BCUT2D eigenvalue weighted by Gasteiger charge is 2.35. The zero-order valence-electron chi connectivity index (χ0n) is 24.1. The number of benzene rings is 2. The average Bonchev–Trinajstić information content (AvgIpc) is 3.61. The molecule has 0 saturated carbocycles. The van der Waals surface area contributed by atoms with Crippen LogP contribution in [-0.4, -0.2) is 78.5 Å². The summed E-state index contributed by atoms with van der Waals surface area (Å²) in [5.74, 6) is 0.586. The molecule has 3 atom stereocenters. The molecular weight excluding hydrogens is 557 g/mol. The fourth-order valence-corrected chi connectivity index (χ4v) is 5.48. The van der Waals surface area contributed by atoms with Gasteiger partial charge in [-0.05, 0) is 56.0 Å². The van der Waals surface area contributed by atoms with Gasteiger partial charge in [-0.15, -0.1) is 0 Å². The predicted molar refractivity (Wildman–Crippen MR) is 155 cm³/mol. The van der Waals surface area contributed by atoms with Crippen molar-refractivity contribution in [1.82, 2.24) is 14.9 Å². The fraction of sp³-hybridized carbons (Fsp3) is 0.419. The van der Waals surface area contributed by atoms with Crippen molar-refractivity contribution in [3.63, 3.8) is 0 Å². The van der Waals surface area contributed by atoms with E-state index in [4.69, 9.17) is 18.9 Å². The standard InChI is InChI=1S/C31H34FN5O6/c1-19(40-17-20-6-4-3-5-7-20)16-41-24-11-21-10-22(12-25(21)26(32)13-24)36(2)9-8-23-15-37(31(39)43-23)27-14-33-30-29(34-27)35-28(38)18-42-30/h3-7,11,13-14,19,22-23H,8-10,12,15-18H2,1-2H3,(H,34,35,38). The first-order valence-electron chi connectivity index (χ1n) is 14.4. The number of nitrogens with zero attached hydrogens (tertiary/aromatic N) is 4. The lowest BCUT2D eigenvalue weighted by molar-refractivity contribution is -0.118. The summed E-state index contributed by atoms with van der Waals surface area (Å²) in [7, 11) is 2.00. The number of nitrogens with one attached hydrogen (secondary N) is 1. The molecule has 3 aliphatic rings. The normalized spacial score (nSPS) is 19.9. The van der Waals surface area contributed by atoms with Crippen molar-refractivity contribution < 1.29 is 32.9 Å². The van der Waals surface area contributed by atoms with Gasteiger partial charge in [0.25, 0.3) is 11.8 Å². The van der Waals surface area contributed by atoms with Gasteiger partial charge in [-0.25, -0.2) is 19.2 Å². The molecule has 0 spiro atoms. The molecule has 3 heterocycles. The summed E-state index contributed by atoms with van der Waals surface area (Å²) in [6.45, 7) is 3.60. The van der Waals surface area contributed by atoms with Crippen LogP contribution >= 0.6 is 0 Å². The van der Waals surface area contributed by atoms with Crippen LogP contribution in [0.15, 0.2) is 48.7 Å². The van der Waals surface area contributed by atoms with Crippen molar-refractivity contribution >= 4 is 23.6 Å². The highest BCUT2D eigenvalue weighted by Crippen LogP contribution is 2.32. The van der Waals surface area contributed by atoms with Gasteiger partial charge in [-0.3, -0.25) is 9.69 Å². The zero-order valence-corrected chi connectivity index (χ0v) is 24.1. The minimum atomic E-state index is -0.521. The van der Waals surface area contributed by atoms with Crippen LogP contribution in [0.1, 0.15) is 30.0 Å². The van der Waals surface area contributed by atoms with Crippen LogP contribution in [0.25, 0.3) is 0 Å². The number of hydrogen-bond acceptors (Lipinski definition) is 9. The van der Waals surface area contributed by atoms with Gasteiger partial charge in [0.15, 0.2) is 18.2 Å². The van der Waals surface area contributed by atoms with Gasteiger partial charge in [-0.2, -0.15) is 0 Å². The summed E-state index contributed by atoms with van der Waals surface area (Å²) in [5, 5.41) is 2.60. The second-order valence-corrected chi connectivity index (χ2v) is 11.1. The van der Waals surface area contributed by atoms with Crippen LogP contribution in [0, 0.1) is 5.82 Å². The monoisotopic (exact) mass is 591 g/mol. The second-order valence-electron chi connectivity index (χ2n) is 11.1. The van der Waals surface area contributed by atoms with Crippen LogP contribution in [0.5, 0.6) is 11.6 Å². The Balaban J connectivity index is 0.981. The van der Waals surface area contributed by atoms with Crippen molar-refractivity contribution in [2.75, 3.05) is 43.6 Å². The van der Waals surface area contributed by atoms with E-state index in [2.05, 4.69) is 20.2 Å². The van der Waals surface area contributed by atoms with E-state index in [9.17, 15) is 9.59 Å². The molecule has 6 rings (SSSR count). The van der Waals surface area contributed by atoms with Crippen molar-refractivity contribution in [3.8, 4) is 11.6 Å². The molecule has 0 radical (unpaired) electrons. The van der Waals surface area contributed by atoms with Gasteiger partial charge in [-0.1, -0.05) is 30.3 Å². The Morgan fingerprint density at radius 3 is 2.88 bits per heavy atom. The average molecular weight is 592 g/mol. The number of ether oxygens (including phenoxy) is 4. The van der Waals surface area contributed by atoms with Crippen LogP contribution in [0.4, 0.5) is 20.8 Å². The minimum absolute atomic E-state index is 0.121. The number of cyclic esters (lactones) is 1. The molecule has 2 aliphatic heterocycles. The second kappa shape index (κ2) is 12.5. The van der Waals surface area contributed by atoms with Crippen molar-refractivity contribution in [3.05, 3.63) is 71.2 Å². The Hall–Kier alpha value is -4.29. The molecule has 1 fully saturated rings. The highest BCUT2D eigenvalue weighted by molar-refractivity contribution is 5.94. The van der Waals surface area contributed by atoms with Crippen LogP contribution in [0.2, 0.25) is 0 Å². The molecule has 11 nitrogen and oxygen atoms in total. The van der Waals surface area contributed by atoms with E-state index in [-0.39, 0.29) is 54.1 Å². The minimum Gasteiger partial charge on any atom is -0.491 e. The number of fused-ring (bicyclic) bond motifs is 2. The Labute approximate surface area is 248 Å². The largest absolute Gasteiger partial charge is 0.491 e. The van der Waals surface area contributed by atoms with E-state index in [1.54, 1.807) is 0 Å². The number of halogens is 1. The molecule has 1 aliphatic carbocycles. The van der Waals surface area contributed by atoms with Gasteiger partial charge >= 0.3 is 6.09 Å². The van der Waals surface area contributed by atoms with Crippen LogP contribution < -0.4 is 19.7 Å². The topological polar surface area (TPSA) is 115 Å². The molecule has 226 valence electrons. The van der Waals surface area contributed by atoms with E-state index in [0.29, 0.717) is 51.3 Å². The van der Waals surface area contributed by atoms with Crippen LogP contribution in [0.3, 0.4) is 0 Å². The maximum atomic E-state index is 15.1. The number of carbonyl (C=O) groups is 2. The Kier molecular flexibility index (Phi) is 8.39. The SMILES string of the molecule is CC(COc1cc(F)c2c(c1)CC(N(C)CCC1CN(c3cnc4c(n3)NC(=O)CO4)C(=O)O1)C2)OCc1ccccc1. The third kappa shape index (κ3) is 6.70. The molecule has 0 bridgehead atoms. The summed E-state index contributed by atoms with van der Waals surface area (Å²) in [6.07, 6.45) is 2.32. The predicted octanol–water partition coefficient (Wildman–Crippen LogP) is 3.75. The lowest BCUT2D eigenvalue weighted by atomic mass is 10.1. The first kappa shape index (κ1) is 28.8. The molecule has 1 saturated heterocycles. The molecular formula is C31H34FN5O6. The van der Waals surface area contributed by atoms with Crippen LogP contribution in [-0.2, 0) is 33.7 Å². The smallest absolute Gasteiger partial charge is 0.415 e. The van der Waals surface area contributed by atoms with E-state index in [0.717, 1.165) is 16.7 Å². The summed E-state index contributed by atoms with van der Waals surface area (Å²) < 4.78 is 37.6. The first-order chi connectivity index (χ1) is 20.8. The summed E-state index contributed by atoms with van der Waals surface area (Å²) in [6, 6.07) is 13.4. The summed E-state index contributed by atoms with van der Waals surface area (Å²) >= 11 is 0. The molecule has 3 aromatic rings. The fourth-order valence-electron chi connectivity index (χ4n) is 5.48. The maximum Gasteiger partial charge on any atom is 0.415 e. The third-order valence-electron chi connectivity index (χ3n) is 7.92. The van der Waals surface area contributed by atoms with Crippen molar-refractivity contribution in [2.45, 2.75) is 51.0 Å². The van der Waals surface area contributed by atoms with Gasteiger partial charge in [0.05, 0.1) is 25.5 Å². The molecule has 2 amide bonds. The number of likely N-dealkylation sites (N-methyl/N-ethyl adjacent to an activating group) is 1. The van der Waals surface area contributed by atoms with E-state index >= 15 is 4.39 Å². The third-order valence-corrected chi connectivity index (χ3v) is 7.92. The molecule has 1 N–H and O–H groups in total. The maximum absolute atomic E-state index is 15.1. The van der Waals surface area contributed by atoms with Gasteiger partial charge < -0.3 is 29.2 Å². The van der Waals surface area contributed by atoms with Crippen molar-refractivity contribution in [1.29, 1.82) is 0 Å². The van der Waals surface area contributed by atoms with E-state index in [1.807, 2.05) is 50.4 Å². The molecule has 43 heavy (non-hydrogen) atoms. The highest BCUT2D eigenvalue weighted by atomic mass is 19.1. The Morgan fingerprint density at radius 2 is 2.05 bits per heavy atom. The van der Waals surface area contributed by atoms with Gasteiger partial charge in [0.1, 0.15) is 24.3 Å². The van der Waals surface area contributed by atoms with Crippen molar-refractivity contribution in [2.24, 2.45) is 0 Å². The van der Waals surface area contributed by atoms with Gasteiger partial charge in [0, 0.05) is 18.7 Å². The molecule has 2 aromatic carbocycles. The number of hydrogen-bond donors (Lipinski definition) is 1. The van der Waals surface area contributed by atoms with E-state index < -0.39 is 6.09 Å². The Morgan fingerprint density at radius 1 is 1.21 bits per heavy atom. The van der Waals surface area contributed by atoms with E-state index in [1.165, 1.54) is 17.2 Å². The lowest BCUT2D eigenvalue weighted by Gasteiger charge is -2.25. The molecule has 12 heteroatoms.